The van der Waals surface area contributed by atoms with Gasteiger partial charge in [0.2, 0.25) is 0 Å². The Morgan fingerprint density at radius 1 is 1.53 bits per heavy atom. The van der Waals surface area contributed by atoms with Crippen LogP contribution in [0.2, 0.25) is 0 Å². The summed E-state index contributed by atoms with van der Waals surface area (Å²) in [6.45, 7) is 6.15. The molecule has 106 valence electrons. The van der Waals surface area contributed by atoms with Crippen LogP contribution in [0.4, 0.5) is 11.5 Å². The highest BCUT2D eigenvalue weighted by atomic mass is 16.3. The molecule has 0 aliphatic carbocycles. The van der Waals surface area contributed by atoms with Crippen LogP contribution in [0.15, 0.2) is 18.3 Å². The van der Waals surface area contributed by atoms with Crippen molar-refractivity contribution in [2.24, 2.45) is 0 Å². The first-order valence-electron chi connectivity index (χ1n) is 6.82. The highest BCUT2D eigenvalue weighted by Crippen LogP contribution is 2.22. The van der Waals surface area contributed by atoms with Crippen LogP contribution in [0.5, 0.6) is 0 Å². The normalized spacial score (nSPS) is 19.8. The Morgan fingerprint density at radius 2 is 2.32 bits per heavy atom. The molecule has 1 atom stereocenters. The highest BCUT2D eigenvalue weighted by Gasteiger charge is 2.21. The van der Waals surface area contributed by atoms with E-state index in [0.717, 1.165) is 18.9 Å². The predicted molar refractivity (Wildman–Crippen MR) is 78.7 cm³/mol. The molecule has 0 amide bonds. The van der Waals surface area contributed by atoms with Gasteiger partial charge in [-0.15, -0.1) is 0 Å². The molecule has 1 aromatic rings. The second-order valence-electron chi connectivity index (χ2n) is 5.79. The number of aromatic nitrogens is 1. The maximum Gasteiger partial charge on any atom is 0.128 e. The maximum absolute atomic E-state index is 9.72. The Hall–Kier alpha value is -1.33. The lowest BCUT2D eigenvalue weighted by Gasteiger charge is -2.21. The van der Waals surface area contributed by atoms with Crippen molar-refractivity contribution in [1.82, 2.24) is 10.3 Å². The molecule has 1 aliphatic heterocycles. The van der Waals surface area contributed by atoms with Gasteiger partial charge >= 0.3 is 0 Å². The van der Waals surface area contributed by atoms with Crippen LogP contribution in [0.3, 0.4) is 0 Å². The number of aliphatic hydroxyl groups is 1. The van der Waals surface area contributed by atoms with Crippen LogP contribution < -0.4 is 15.5 Å². The number of likely N-dealkylation sites (N-methyl/N-ethyl adjacent to an activating group) is 1. The van der Waals surface area contributed by atoms with Crippen LogP contribution in [0, 0.1) is 0 Å². The van der Waals surface area contributed by atoms with Gasteiger partial charge in [0.15, 0.2) is 0 Å². The molecule has 2 heterocycles. The van der Waals surface area contributed by atoms with Crippen LogP contribution in [-0.2, 0) is 0 Å². The van der Waals surface area contributed by atoms with E-state index in [2.05, 4.69) is 20.5 Å². The SMILES string of the molecule is CNC1CCN(c2ccnc(NCC(C)(C)O)c2)C1. The minimum absolute atomic E-state index is 0.489. The van der Waals surface area contributed by atoms with Crippen molar-refractivity contribution >= 4 is 11.5 Å². The zero-order valence-electron chi connectivity index (χ0n) is 12.0. The minimum Gasteiger partial charge on any atom is -0.389 e. The molecule has 0 spiro atoms. The van der Waals surface area contributed by atoms with E-state index in [4.69, 9.17) is 0 Å². The molecule has 1 saturated heterocycles. The standard InChI is InChI=1S/C14H24N4O/c1-14(2,19)10-17-13-8-12(4-6-16-13)18-7-5-11(9-18)15-3/h4,6,8,11,15,19H,5,7,9-10H2,1-3H3,(H,16,17). The maximum atomic E-state index is 9.72. The average molecular weight is 264 g/mol. The second kappa shape index (κ2) is 5.75. The van der Waals surface area contributed by atoms with E-state index < -0.39 is 5.60 Å². The van der Waals surface area contributed by atoms with Crippen molar-refractivity contribution in [2.45, 2.75) is 31.9 Å². The van der Waals surface area contributed by atoms with E-state index in [1.54, 1.807) is 13.8 Å². The molecule has 5 heteroatoms. The van der Waals surface area contributed by atoms with Gasteiger partial charge in [0.25, 0.3) is 0 Å². The van der Waals surface area contributed by atoms with Crippen LogP contribution in [0.1, 0.15) is 20.3 Å². The van der Waals surface area contributed by atoms with Gasteiger partial charge in [-0.25, -0.2) is 4.98 Å². The van der Waals surface area contributed by atoms with Crippen LogP contribution in [-0.4, -0.2) is 48.4 Å². The molecule has 1 fully saturated rings. The van der Waals surface area contributed by atoms with Crippen molar-refractivity contribution in [1.29, 1.82) is 0 Å². The average Bonchev–Trinajstić information content (AvgIpc) is 2.85. The van der Waals surface area contributed by atoms with Gasteiger partial charge < -0.3 is 20.6 Å². The fourth-order valence-electron chi connectivity index (χ4n) is 2.25. The third kappa shape index (κ3) is 4.08. The summed E-state index contributed by atoms with van der Waals surface area (Å²) >= 11 is 0. The van der Waals surface area contributed by atoms with Crippen LogP contribution in [0.25, 0.3) is 0 Å². The molecule has 0 bridgehead atoms. The Morgan fingerprint density at radius 3 is 2.95 bits per heavy atom. The fraction of sp³-hybridized carbons (Fsp3) is 0.643. The summed E-state index contributed by atoms with van der Waals surface area (Å²) in [6.07, 6.45) is 2.99. The van der Waals surface area contributed by atoms with Gasteiger partial charge in [-0.2, -0.15) is 0 Å². The van der Waals surface area contributed by atoms with Gasteiger partial charge in [0.05, 0.1) is 5.60 Å². The number of anilines is 2. The van der Waals surface area contributed by atoms with E-state index in [1.807, 2.05) is 25.4 Å². The molecular weight excluding hydrogens is 240 g/mol. The summed E-state index contributed by atoms with van der Waals surface area (Å²) in [4.78, 5) is 6.65. The molecule has 3 N–H and O–H groups in total. The largest absolute Gasteiger partial charge is 0.389 e. The third-order valence-corrected chi connectivity index (χ3v) is 3.41. The summed E-state index contributed by atoms with van der Waals surface area (Å²) in [6, 6.07) is 4.65. The van der Waals surface area contributed by atoms with E-state index >= 15 is 0 Å². The molecule has 1 unspecified atom stereocenters. The van der Waals surface area contributed by atoms with Gasteiger partial charge in [-0.3, -0.25) is 0 Å². The lowest BCUT2D eigenvalue weighted by atomic mass is 10.1. The van der Waals surface area contributed by atoms with Crippen molar-refractivity contribution in [2.75, 3.05) is 36.9 Å². The summed E-state index contributed by atoms with van der Waals surface area (Å²) in [5, 5.41) is 16.2. The fourth-order valence-corrected chi connectivity index (χ4v) is 2.25. The number of rotatable bonds is 5. The van der Waals surface area contributed by atoms with Gasteiger partial charge in [-0.1, -0.05) is 0 Å². The molecular formula is C14H24N4O. The molecule has 0 radical (unpaired) electrons. The molecule has 19 heavy (non-hydrogen) atoms. The van der Waals surface area contributed by atoms with Crippen molar-refractivity contribution in [3.63, 3.8) is 0 Å². The van der Waals surface area contributed by atoms with E-state index in [9.17, 15) is 5.11 Å². The molecule has 0 saturated carbocycles. The molecule has 1 aromatic heterocycles. The predicted octanol–water partition coefficient (Wildman–Crippen LogP) is 1.06. The molecule has 0 aromatic carbocycles. The molecule has 2 rings (SSSR count). The monoisotopic (exact) mass is 264 g/mol. The summed E-state index contributed by atoms with van der Waals surface area (Å²) < 4.78 is 0. The van der Waals surface area contributed by atoms with Crippen molar-refractivity contribution < 1.29 is 5.11 Å². The third-order valence-electron chi connectivity index (χ3n) is 3.41. The van der Waals surface area contributed by atoms with Crippen LogP contribution >= 0.6 is 0 Å². The van der Waals surface area contributed by atoms with E-state index in [1.165, 1.54) is 12.1 Å². The smallest absolute Gasteiger partial charge is 0.128 e. The number of nitrogens with zero attached hydrogens (tertiary/aromatic N) is 2. The Balaban J connectivity index is 1.99. The van der Waals surface area contributed by atoms with E-state index in [-0.39, 0.29) is 0 Å². The Kier molecular flexibility index (Phi) is 4.27. The van der Waals surface area contributed by atoms with Gasteiger partial charge in [0.1, 0.15) is 5.82 Å². The zero-order chi connectivity index (χ0) is 13.9. The highest BCUT2D eigenvalue weighted by molar-refractivity contribution is 5.54. The number of nitrogens with one attached hydrogen (secondary N) is 2. The first-order valence-corrected chi connectivity index (χ1v) is 6.82. The van der Waals surface area contributed by atoms with Crippen molar-refractivity contribution in [3.8, 4) is 0 Å². The molecule has 5 nitrogen and oxygen atoms in total. The number of pyridine rings is 1. The minimum atomic E-state index is -0.734. The summed E-state index contributed by atoms with van der Waals surface area (Å²) in [5.74, 6) is 0.813. The second-order valence-corrected chi connectivity index (χ2v) is 5.79. The summed E-state index contributed by atoms with van der Waals surface area (Å²) in [7, 11) is 2.01. The van der Waals surface area contributed by atoms with Gasteiger partial charge in [0, 0.05) is 43.6 Å². The van der Waals surface area contributed by atoms with Crippen molar-refractivity contribution in [3.05, 3.63) is 18.3 Å². The Bertz CT molecular complexity index is 416. The zero-order valence-corrected chi connectivity index (χ0v) is 12.0. The topological polar surface area (TPSA) is 60.4 Å². The Labute approximate surface area is 115 Å². The first kappa shape index (κ1) is 14.1. The van der Waals surface area contributed by atoms with E-state index in [0.29, 0.717) is 12.6 Å². The molecule has 1 aliphatic rings. The first-order chi connectivity index (χ1) is 8.98. The van der Waals surface area contributed by atoms with Gasteiger partial charge in [-0.05, 0) is 33.4 Å². The summed E-state index contributed by atoms with van der Waals surface area (Å²) in [5.41, 5.74) is 0.453. The quantitative estimate of drug-likeness (QED) is 0.742. The number of hydrogen-bond acceptors (Lipinski definition) is 5. The lowest BCUT2D eigenvalue weighted by Crippen LogP contribution is -2.30. The lowest BCUT2D eigenvalue weighted by molar-refractivity contribution is 0.0944. The number of hydrogen-bond donors (Lipinski definition) is 3.